The average molecular weight is 546 g/mol. The fraction of sp³-hybridized carbons (Fsp3) is 0.167. The Morgan fingerprint density at radius 1 is 1.03 bits per heavy atom. The predicted octanol–water partition coefficient (Wildman–Crippen LogP) is 5.44. The van der Waals surface area contributed by atoms with Crippen LogP contribution in [0.4, 0.5) is 5.69 Å². The number of carbonyl (C=O) groups excluding carboxylic acids is 1. The molecule has 0 unspecified atom stereocenters. The maximum atomic E-state index is 12.4. The first-order valence-electron chi connectivity index (χ1n) is 9.78. The van der Waals surface area contributed by atoms with Gasteiger partial charge in [-0.3, -0.25) is 10.1 Å². The summed E-state index contributed by atoms with van der Waals surface area (Å²) in [7, 11) is 1.59. The number of aryl methyl sites for hydroxylation is 1. The second-order valence-electron chi connectivity index (χ2n) is 6.72. The van der Waals surface area contributed by atoms with E-state index in [1.54, 1.807) is 25.3 Å². The summed E-state index contributed by atoms with van der Waals surface area (Å²) in [6, 6.07) is 23.0. The molecule has 0 aliphatic rings. The van der Waals surface area contributed by atoms with Crippen molar-refractivity contribution in [1.29, 1.82) is 0 Å². The van der Waals surface area contributed by atoms with Crippen molar-refractivity contribution in [1.82, 2.24) is 5.32 Å². The van der Waals surface area contributed by atoms with Gasteiger partial charge >= 0.3 is 0 Å². The number of amides is 1. The molecule has 0 atom stereocenters. The Labute approximate surface area is 201 Å². The number of ether oxygens (including phenoxy) is 2. The van der Waals surface area contributed by atoms with Gasteiger partial charge in [0, 0.05) is 11.3 Å². The van der Waals surface area contributed by atoms with E-state index < -0.39 is 0 Å². The van der Waals surface area contributed by atoms with E-state index in [0.717, 1.165) is 33.6 Å². The third-order valence-electron chi connectivity index (χ3n) is 4.47. The Balaban J connectivity index is 1.44. The number of nitrogens with one attached hydrogen (secondary N) is 2. The lowest BCUT2D eigenvalue weighted by atomic mass is 10.1. The van der Waals surface area contributed by atoms with E-state index in [0.29, 0.717) is 12.2 Å². The van der Waals surface area contributed by atoms with Crippen molar-refractivity contribution in [3.63, 3.8) is 0 Å². The monoisotopic (exact) mass is 546 g/mol. The van der Waals surface area contributed by atoms with Crippen molar-refractivity contribution < 1.29 is 14.3 Å². The molecule has 0 fully saturated rings. The summed E-state index contributed by atoms with van der Waals surface area (Å²) in [6.07, 6.45) is 1.94. The molecule has 3 rings (SSSR count). The Morgan fingerprint density at radius 3 is 2.45 bits per heavy atom. The van der Waals surface area contributed by atoms with E-state index in [4.69, 9.17) is 21.7 Å². The van der Waals surface area contributed by atoms with Crippen molar-refractivity contribution in [3.8, 4) is 11.5 Å². The van der Waals surface area contributed by atoms with Gasteiger partial charge in [-0.25, -0.2) is 0 Å². The summed E-state index contributed by atoms with van der Waals surface area (Å²) in [5.41, 5.74) is 2.59. The third kappa shape index (κ3) is 7.22. The molecule has 0 heterocycles. The number of halogens is 1. The van der Waals surface area contributed by atoms with Crippen LogP contribution in [0.1, 0.15) is 22.3 Å². The highest BCUT2D eigenvalue weighted by molar-refractivity contribution is 14.1. The van der Waals surface area contributed by atoms with E-state index in [1.807, 2.05) is 42.5 Å². The summed E-state index contributed by atoms with van der Waals surface area (Å²) >= 11 is 7.38. The molecule has 0 bridgehead atoms. The van der Waals surface area contributed by atoms with Crippen LogP contribution in [-0.4, -0.2) is 24.7 Å². The van der Waals surface area contributed by atoms with Gasteiger partial charge in [0.15, 0.2) is 5.11 Å². The van der Waals surface area contributed by atoms with Crippen LogP contribution in [0.2, 0.25) is 0 Å². The van der Waals surface area contributed by atoms with E-state index in [-0.39, 0.29) is 11.0 Å². The van der Waals surface area contributed by atoms with Gasteiger partial charge in [-0.2, -0.15) is 0 Å². The molecule has 160 valence electrons. The van der Waals surface area contributed by atoms with Crippen LogP contribution >= 0.6 is 34.8 Å². The van der Waals surface area contributed by atoms with Gasteiger partial charge in [0.25, 0.3) is 5.91 Å². The number of carbonyl (C=O) groups is 1. The predicted molar refractivity (Wildman–Crippen MR) is 136 cm³/mol. The zero-order chi connectivity index (χ0) is 22.1. The molecule has 2 N–H and O–H groups in total. The molecule has 0 radical (unpaired) electrons. The second kappa shape index (κ2) is 11.7. The van der Waals surface area contributed by atoms with Crippen molar-refractivity contribution in [3.05, 3.63) is 87.5 Å². The van der Waals surface area contributed by atoms with Gasteiger partial charge < -0.3 is 14.8 Å². The molecule has 0 spiro atoms. The number of methoxy groups -OCH3 is 1. The minimum atomic E-state index is -0.281. The van der Waals surface area contributed by atoms with Gasteiger partial charge in [0.1, 0.15) is 11.5 Å². The molecule has 1 amide bonds. The fourth-order valence-corrected chi connectivity index (χ4v) is 3.84. The van der Waals surface area contributed by atoms with Gasteiger partial charge in [0.2, 0.25) is 0 Å². The second-order valence-corrected chi connectivity index (χ2v) is 8.29. The van der Waals surface area contributed by atoms with Gasteiger partial charge in [0.05, 0.1) is 17.3 Å². The normalized spacial score (nSPS) is 10.3. The summed E-state index contributed by atoms with van der Waals surface area (Å²) in [4.78, 5) is 12.4. The lowest BCUT2D eigenvalue weighted by molar-refractivity contribution is 0.0977. The number of benzene rings is 3. The topological polar surface area (TPSA) is 59.6 Å². The molecule has 0 aliphatic heterocycles. The van der Waals surface area contributed by atoms with Gasteiger partial charge in [-0.1, -0.05) is 30.3 Å². The zero-order valence-corrected chi connectivity index (χ0v) is 20.0. The molecule has 0 saturated heterocycles. The Hall–Kier alpha value is -2.65. The lowest BCUT2D eigenvalue weighted by Crippen LogP contribution is -2.34. The maximum Gasteiger partial charge on any atom is 0.257 e. The SMILES string of the molecule is COc1ccc(C(=O)NC(=S)Nc2ccc(OCCCc3ccccc3)cc2)cc1I. The smallest absolute Gasteiger partial charge is 0.257 e. The minimum Gasteiger partial charge on any atom is -0.496 e. The maximum absolute atomic E-state index is 12.4. The van der Waals surface area contributed by atoms with Crippen molar-refractivity contribution in [2.75, 3.05) is 19.0 Å². The van der Waals surface area contributed by atoms with Crippen LogP contribution in [0.5, 0.6) is 11.5 Å². The van der Waals surface area contributed by atoms with Crippen LogP contribution in [0.15, 0.2) is 72.8 Å². The molecule has 7 heteroatoms. The summed E-state index contributed by atoms with van der Waals surface area (Å²) in [5.74, 6) is 1.23. The average Bonchev–Trinajstić information content (AvgIpc) is 2.78. The number of rotatable bonds is 8. The largest absolute Gasteiger partial charge is 0.496 e. The van der Waals surface area contributed by atoms with E-state index in [9.17, 15) is 4.79 Å². The number of hydrogen-bond acceptors (Lipinski definition) is 4. The van der Waals surface area contributed by atoms with Crippen molar-refractivity contribution in [2.24, 2.45) is 0 Å². The van der Waals surface area contributed by atoms with Crippen molar-refractivity contribution in [2.45, 2.75) is 12.8 Å². The van der Waals surface area contributed by atoms with Crippen molar-refractivity contribution >= 4 is 51.5 Å². The Morgan fingerprint density at radius 2 is 1.77 bits per heavy atom. The highest BCUT2D eigenvalue weighted by Crippen LogP contribution is 2.21. The van der Waals surface area contributed by atoms with E-state index >= 15 is 0 Å². The first-order valence-corrected chi connectivity index (χ1v) is 11.3. The summed E-state index contributed by atoms with van der Waals surface area (Å²) in [6.45, 7) is 0.650. The Kier molecular flexibility index (Phi) is 8.66. The number of thiocarbonyl (C=S) groups is 1. The van der Waals surface area contributed by atoms with Crippen LogP contribution in [0.3, 0.4) is 0 Å². The Bertz CT molecular complexity index is 1030. The molecule has 0 saturated carbocycles. The molecule has 0 aromatic heterocycles. The standard InChI is InChI=1S/C24H23IN2O3S/c1-29-22-14-9-18(16-21(22)25)23(28)27-24(31)26-19-10-12-20(13-11-19)30-15-5-8-17-6-3-2-4-7-17/h2-4,6-7,9-14,16H,5,8,15H2,1H3,(H2,26,27,28,31). The molecule has 0 aliphatic carbocycles. The quantitative estimate of drug-likeness (QED) is 0.224. The van der Waals surface area contributed by atoms with Crippen LogP contribution in [0.25, 0.3) is 0 Å². The summed E-state index contributed by atoms with van der Waals surface area (Å²) < 4.78 is 11.9. The molecule has 3 aromatic rings. The fourth-order valence-electron chi connectivity index (χ4n) is 2.89. The van der Waals surface area contributed by atoms with Crippen LogP contribution < -0.4 is 20.1 Å². The third-order valence-corrected chi connectivity index (χ3v) is 5.52. The van der Waals surface area contributed by atoms with Crippen LogP contribution in [-0.2, 0) is 6.42 Å². The molecule has 3 aromatic carbocycles. The van der Waals surface area contributed by atoms with Crippen LogP contribution in [0, 0.1) is 3.57 Å². The van der Waals surface area contributed by atoms with Gasteiger partial charge in [-0.15, -0.1) is 0 Å². The molecular weight excluding hydrogens is 523 g/mol. The minimum absolute atomic E-state index is 0.229. The number of anilines is 1. The summed E-state index contributed by atoms with van der Waals surface area (Å²) in [5, 5.41) is 5.93. The highest BCUT2D eigenvalue weighted by Gasteiger charge is 2.10. The lowest BCUT2D eigenvalue weighted by Gasteiger charge is -2.11. The van der Waals surface area contributed by atoms with E-state index in [2.05, 4.69) is 45.4 Å². The van der Waals surface area contributed by atoms with E-state index in [1.165, 1.54) is 5.56 Å². The zero-order valence-electron chi connectivity index (χ0n) is 17.1. The van der Waals surface area contributed by atoms with Gasteiger partial charge in [-0.05, 0) is 95.7 Å². The molecule has 5 nitrogen and oxygen atoms in total. The highest BCUT2D eigenvalue weighted by atomic mass is 127. The molecule has 31 heavy (non-hydrogen) atoms. The first-order chi connectivity index (χ1) is 15.0. The number of hydrogen-bond donors (Lipinski definition) is 2. The first kappa shape index (κ1) is 23.0. The molecular formula is C24H23IN2O3S.